The van der Waals surface area contributed by atoms with Crippen LogP contribution in [0, 0.1) is 0 Å². The average Bonchev–Trinajstić information content (AvgIpc) is 3.56. The van der Waals surface area contributed by atoms with E-state index in [1.165, 1.54) is 0 Å². The third kappa shape index (κ3) is 2.74. The van der Waals surface area contributed by atoms with Crippen LogP contribution in [0.4, 0.5) is 0 Å². The third-order valence-corrected chi connectivity index (χ3v) is 7.09. The maximum Gasteiger partial charge on any atom is 0.488 e. The molecular formula is C30H17BO5. The van der Waals surface area contributed by atoms with Gasteiger partial charge in [-0.2, -0.15) is 0 Å². The van der Waals surface area contributed by atoms with Crippen molar-refractivity contribution in [3.05, 3.63) is 91.0 Å². The zero-order valence-electron chi connectivity index (χ0n) is 18.9. The summed E-state index contributed by atoms with van der Waals surface area (Å²) in [5.74, 6) is 0. The Bertz CT molecular complexity index is 2140. The van der Waals surface area contributed by atoms with E-state index in [4.69, 9.17) is 13.3 Å². The van der Waals surface area contributed by atoms with Crippen molar-refractivity contribution in [2.24, 2.45) is 0 Å². The normalized spacial score (nSPS) is 12.2. The maximum atomic E-state index is 9.58. The van der Waals surface area contributed by atoms with Crippen molar-refractivity contribution in [1.29, 1.82) is 0 Å². The molecule has 8 aromatic rings. The predicted molar refractivity (Wildman–Crippen MR) is 144 cm³/mol. The number of rotatable bonds is 2. The van der Waals surface area contributed by atoms with Crippen LogP contribution in [0.1, 0.15) is 0 Å². The summed E-state index contributed by atoms with van der Waals surface area (Å²) in [6, 6.07) is 29.7. The van der Waals surface area contributed by atoms with E-state index in [1.807, 2.05) is 42.5 Å². The second kappa shape index (κ2) is 7.01. The Kier molecular flexibility index (Phi) is 3.85. The molecule has 0 atom stereocenters. The summed E-state index contributed by atoms with van der Waals surface area (Å²) in [7, 11) is -1.54. The lowest BCUT2D eigenvalue weighted by molar-refractivity contribution is 0.426. The molecule has 36 heavy (non-hydrogen) atoms. The van der Waals surface area contributed by atoms with E-state index in [1.54, 1.807) is 18.2 Å². The number of para-hydroxylation sites is 1. The van der Waals surface area contributed by atoms with Crippen molar-refractivity contribution in [3.63, 3.8) is 0 Å². The van der Waals surface area contributed by atoms with Gasteiger partial charge in [-0.3, -0.25) is 0 Å². The standard InChI is InChI=1S/C30H17BO5/c32-31(33)18-7-10-28-22(13-18)24-15-29-23(14-30(24)36-28)21-12-17(6-9-27(21)35-29)16-5-8-26-20(11-16)19-3-1-2-4-25(19)34-26/h1-15,32-33H. The van der Waals surface area contributed by atoms with Gasteiger partial charge >= 0.3 is 7.12 Å². The van der Waals surface area contributed by atoms with Gasteiger partial charge in [-0.1, -0.05) is 42.5 Å². The molecule has 0 aliphatic heterocycles. The zero-order chi connectivity index (χ0) is 24.0. The van der Waals surface area contributed by atoms with E-state index < -0.39 is 7.12 Å². The molecule has 0 saturated carbocycles. The summed E-state index contributed by atoms with van der Waals surface area (Å²) < 4.78 is 18.3. The second-order valence-electron chi connectivity index (χ2n) is 9.20. The van der Waals surface area contributed by atoms with Crippen molar-refractivity contribution in [1.82, 2.24) is 0 Å². The molecule has 170 valence electrons. The van der Waals surface area contributed by atoms with Crippen molar-refractivity contribution >= 4 is 78.4 Å². The van der Waals surface area contributed by atoms with Gasteiger partial charge in [0.25, 0.3) is 0 Å². The van der Waals surface area contributed by atoms with Crippen molar-refractivity contribution in [2.75, 3.05) is 0 Å². The Labute approximate surface area is 203 Å². The molecule has 6 heteroatoms. The number of hydrogen-bond acceptors (Lipinski definition) is 5. The van der Waals surface area contributed by atoms with Crippen LogP contribution in [-0.2, 0) is 0 Å². The van der Waals surface area contributed by atoms with Crippen LogP contribution in [0.3, 0.4) is 0 Å². The van der Waals surface area contributed by atoms with E-state index in [0.29, 0.717) is 11.0 Å². The first-order chi connectivity index (χ1) is 17.6. The summed E-state index contributed by atoms with van der Waals surface area (Å²) in [5, 5.41) is 25.0. The topological polar surface area (TPSA) is 79.9 Å². The summed E-state index contributed by atoms with van der Waals surface area (Å²) in [6.07, 6.45) is 0. The van der Waals surface area contributed by atoms with Gasteiger partial charge < -0.3 is 23.3 Å². The van der Waals surface area contributed by atoms with Crippen molar-refractivity contribution in [2.45, 2.75) is 0 Å². The minimum atomic E-state index is -1.54. The molecule has 5 nitrogen and oxygen atoms in total. The smallest absolute Gasteiger partial charge is 0.456 e. The fourth-order valence-corrected chi connectivity index (χ4v) is 5.31. The van der Waals surface area contributed by atoms with E-state index in [2.05, 4.69) is 30.3 Å². The summed E-state index contributed by atoms with van der Waals surface area (Å²) in [6.45, 7) is 0. The number of hydrogen-bond donors (Lipinski definition) is 2. The highest BCUT2D eigenvalue weighted by Gasteiger charge is 2.17. The highest BCUT2D eigenvalue weighted by atomic mass is 16.4. The van der Waals surface area contributed by atoms with Gasteiger partial charge in [0.2, 0.25) is 0 Å². The number of furan rings is 3. The highest BCUT2D eigenvalue weighted by Crippen LogP contribution is 2.39. The van der Waals surface area contributed by atoms with Gasteiger partial charge in [0.1, 0.15) is 33.5 Å². The molecule has 3 heterocycles. The van der Waals surface area contributed by atoms with Crippen LogP contribution in [0.15, 0.2) is 104 Å². The zero-order valence-corrected chi connectivity index (χ0v) is 18.9. The van der Waals surface area contributed by atoms with Crippen molar-refractivity contribution in [3.8, 4) is 11.1 Å². The Morgan fingerprint density at radius 3 is 1.53 bits per heavy atom. The van der Waals surface area contributed by atoms with Crippen LogP contribution in [-0.4, -0.2) is 17.2 Å². The number of benzene rings is 5. The minimum Gasteiger partial charge on any atom is -0.456 e. The van der Waals surface area contributed by atoms with Crippen LogP contribution in [0.2, 0.25) is 0 Å². The van der Waals surface area contributed by atoms with Crippen LogP contribution in [0.25, 0.3) is 76.9 Å². The molecule has 0 fully saturated rings. The molecule has 0 aliphatic carbocycles. The van der Waals surface area contributed by atoms with Gasteiger partial charge in [0, 0.05) is 32.3 Å². The number of fused-ring (bicyclic) bond motifs is 9. The molecule has 3 aromatic heterocycles. The molecule has 0 unspecified atom stereocenters. The SMILES string of the molecule is OB(O)c1ccc2oc3cc4c(cc3c2c1)oc1ccc(-c2ccc3oc5ccccc5c3c2)cc14. The highest BCUT2D eigenvalue weighted by molar-refractivity contribution is 6.59. The Morgan fingerprint density at radius 2 is 0.889 bits per heavy atom. The summed E-state index contributed by atoms with van der Waals surface area (Å²) >= 11 is 0. The molecule has 2 N–H and O–H groups in total. The van der Waals surface area contributed by atoms with Crippen LogP contribution < -0.4 is 5.46 Å². The molecular weight excluding hydrogens is 451 g/mol. The lowest BCUT2D eigenvalue weighted by Crippen LogP contribution is -2.29. The van der Waals surface area contributed by atoms with E-state index >= 15 is 0 Å². The molecule has 0 aliphatic rings. The molecule has 0 radical (unpaired) electrons. The molecule has 8 rings (SSSR count). The molecule has 0 amide bonds. The van der Waals surface area contributed by atoms with Gasteiger partial charge in [-0.15, -0.1) is 0 Å². The predicted octanol–water partition coefficient (Wildman–Crippen LogP) is 6.73. The molecule has 5 aromatic carbocycles. The Hall–Kier alpha value is -4.52. The van der Waals surface area contributed by atoms with E-state index in [9.17, 15) is 10.0 Å². The first-order valence-electron chi connectivity index (χ1n) is 11.7. The van der Waals surface area contributed by atoms with E-state index in [-0.39, 0.29) is 0 Å². The summed E-state index contributed by atoms with van der Waals surface area (Å²) in [5.41, 5.74) is 7.33. The molecule has 0 bridgehead atoms. The van der Waals surface area contributed by atoms with E-state index in [0.717, 1.165) is 71.4 Å². The fraction of sp³-hybridized carbons (Fsp3) is 0. The van der Waals surface area contributed by atoms with Gasteiger partial charge in [0.15, 0.2) is 0 Å². The monoisotopic (exact) mass is 468 g/mol. The lowest BCUT2D eigenvalue weighted by Gasteiger charge is -2.02. The average molecular weight is 468 g/mol. The maximum absolute atomic E-state index is 9.58. The second-order valence-corrected chi connectivity index (χ2v) is 9.20. The van der Waals surface area contributed by atoms with Gasteiger partial charge in [-0.25, -0.2) is 0 Å². The Balaban J connectivity index is 1.33. The largest absolute Gasteiger partial charge is 0.488 e. The Morgan fingerprint density at radius 1 is 0.417 bits per heavy atom. The third-order valence-electron chi connectivity index (χ3n) is 7.09. The minimum absolute atomic E-state index is 0.418. The van der Waals surface area contributed by atoms with Crippen LogP contribution in [0.5, 0.6) is 0 Å². The van der Waals surface area contributed by atoms with Gasteiger partial charge in [0.05, 0.1) is 0 Å². The van der Waals surface area contributed by atoms with Crippen LogP contribution >= 0.6 is 0 Å². The first kappa shape index (κ1) is 19.8. The lowest BCUT2D eigenvalue weighted by atomic mass is 9.80. The van der Waals surface area contributed by atoms with Gasteiger partial charge in [-0.05, 0) is 65.1 Å². The molecule has 0 spiro atoms. The fourth-order valence-electron chi connectivity index (χ4n) is 5.31. The first-order valence-corrected chi connectivity index (χ1v) is 11.7. The molecule has 0 saturated heterocycles. The van der Waals surface area contributed by atoms with Crippen molar-refractivity contribution < 1.29 is 23.3 Å². The summed E-state index contributed by atoms with van der Waals surface area (Å²) in [4.78, 5) is 0. The quantitative estimate of drug-likeness (QED) is 0.275.